The van der Waals surface area contributed by atoms with E-state index in [1.807, 2.05) is 13.0 Å². The van der Waals surface area contributed by atoms with E-state index in [9.17, 15) is 8.42 Å². The van der Waals surface area contributed by atoms with Gasteiger partial charge in [0.05, 0.1) is 5.75 Å². The summed E-state index contributed by atoms with van der Waals surface area (Å²) in [5.41, 5.74) is 3.45. The number of hydrogen-bond acceptors (Lipinski definition) is 2. The van der Waals surface area contributed by atoms with Crippen molar-refractivity contribution in [2.75, 3.05) is 5.75 Å². The number of rotatable bonds is 3. The molecule has 1 aromatic rings. The Hall–Kier alpha value is -0.540. The summed E-state index contributed by atoms with van der Waals surface area (Å²) in [7, 11) is 1.82. The molecule has 0 fully saturated rings. The summed E-state index contributed by atoms with van der Waals surface area (Å²) >= 11 is 0. The molecule has 0 atom stereocenters. The summed E-state index contributed by atoms with van der Waals surface area (Å²) in [5.74, 6) is -0.0109. The standard InChI is InChI=1S/C13H19ClO2S/c1-10-5-6-12(13(2,3)4)9-11(10)7-8-17(14,15)16/h5-6,9H,7-8H2,1-4H3. The quantitative estimate of drug-likeness (QED) is 0.792. The van der Waals surface area contributed by atoms with E-state index in [1.165, 1.54) is 5.56 Å². The van der Waals surface area contributed by atoms with Crippen LogP contribution in [0.15, 0.2) is 18.2 Å². The molecule has 0 heterocycles. The molecule has 96 valence electrons. The van der Waals surface area contributed by atoms with Crippen LogP contribution in [0.3, 0.4) is 0 Å². The van der Waals surface area contributed by atoms with Crippen molar-refractivity contribution in [3.8, 4) is 0 Å². The molecule has 0 N–H and O–H groups in total. The van der Waals surface area contributed by atoms with Crippen molar-refractivity contribution in [2.24, 2.45) is 0 Å². The van der Waals surface area contributed by atoms with E-state index >= 15 is 0 Å². The van der Waals surface area contributed by atoms with Crippen molar-refractivity contribution >= 4 is 19.7 Å². The average Bonchev–Trinajstić information content (AvgIpc) is 2.13. The van der Waals surface area contributed by atoms with Gasteiger partial charge in [0.25, 0.3) is 0 Å². The molecule has 0 aliphatic heterocycles. The Bertz CT molecular complexity index is 499. The zero-order chi connectivity index (χ0) is 13.3. The van der Waals surface area contributed by atoms with Crippen molar-refractivity contribution in [3.63, 3.8) is 0 Å². The van der Waals surface area contributed by atoms with E-state index in [4.69, 9.17) is 10.7 Å². The summed E-state index contributed by atoms with van der Waals surface area (Å²) in [6, 6.07) is 6.21. The van der Waals surface area contributed by atoms with Gasteiger partial charge in [-0.3, -0.25) is 0 Å². The third-order valence-electron chi connectivity index (χ3n) is 2.83. The highest BCUT2D eigenvalue weighted by Crippen LogP contribution is 2.25. The van der Waals surface area contributed by atoms with Crippen LogP contribution >= 0.6 is 10.7 Å². The normalized spacial score (nSPS) is 12.8. The van der Waals surface area contributed by atoms with E-state index in [1.54, 1.807) is 0 Å². The lowest BCUT2D eigenvalue weighted by atomic mass is 9.85. The van der Waals surface area contributed by atoms with Gasteiger partial charge in [-0.25, -0.2) is 8.42 Å². The first-order chi connectivity index (χ1) is 7.59. The van der Waals surface area contributed by atoms with Gasteiger partial charge >= 0.3 is 0 Å². The first-order valence-electron chi connectivity index (χ1n) is 5.62. The van der Waals surface area contributed by atoms with Crippen LogP contribution < -0.4 is 0 Å². The summed E-state index contributed by atoms with van der Waals surface area (Å²) in [5, 5.41) is 0. The maximum atomic E-state index is 11.0. The zero-order valence-corrected chi connectivity index (χ0v) is 12.3. The van der Waals surface area contributed by atoms with E-state index in [-0.39, 0.29) is 11.2 Å². The molecule has 1 aromatic carbocycles. The van der Waals surface area contributed by atoms with E-state index in [0.717, 1.165) is 11.1 Å². The van der Waals surface area contributed by atoms with E-state index < -0.39 is 9.05 Å². The second kappa shape index (κ2) is 4.99. The fourth-order valence-electron chi connectivity index (χ4n) is 1.64. The third kappa shape index (κ3) is 4.68. The first kappa shape index (κ1) is 14.5. The molecule has 0 saturated carbocycles. The molecule has 0 bridgehead atoms. The van der Waals surface area contributed by atoms with Crippen molar-refractivity contribution in [2.45, 2.75) is 39.5 Å². The monoisotopic (exact) mass is 274 g/mol. The molecule has 0 saturated heterocycles. The topological polar surface area (TPSA) is 34.1 Å². The fourth-order valence-corrected chi connectivity index (χ4v) is 2.33. The van der Waals surface area contributed by atoms with Crippen LogP contribution in [0.1, 0.15) is 37.5 Å². The lowest BCUT2D eigenvalue weighted by molar-refractivity contribution is 0.589. The third-order valence-corrected chi connectivity index (χ3v) is 3.99. The minimum absolute atomic E-state index is 0.0109. The highest BCUT2D eigenvalue weighted by molar-refractivity contribution is 8.13. The predicted molar refractivity (Wildman–Crippen MR) is 73.2 cm³/mol. The van der Waals surface area contributed by atoms with Gasteiger partial charge < -0.3 is 0 Å². The molecule has 1 rings (SSSR count). The Labute approximate surface area is 108 Å². The molecule has 0 radical (unpaired) electrons. The Balaban J connectivity index is 3.00. The summed E-state index contributed by atoms with van der Waals surface area (Å²) in [6.07, 6.45) is 0.474. The van der Waals surface area contributed by atoms with Crippen molar-refractivity contribution < 1.29 is 8.42 Å². The zero-order valence-electron chi connectivity index (χ0n) is 10.7. The highest BCUT2D eigenvalue weighted by Gasteiger charge is 2.15. The van der Waals surface area contributed by atoms with E-state index in [0.29, 0.717) is 6.42 Å². The van der Waals surface area contributed by atoms with Crippen LogP contribution in [-0.2, 0) is 20.9 Å². The lowest BCUT2D eigenvalue weighted by Crippen LogP contribution is -2.12. The second-order valence-corrected chi connectivity index (χ2v) is 8.28. The minimum atomic E-state index is -3.42. The van der Waals surface area contributed by atoms with Gasteiger partial charge in [0.15, 0.2) is 0 Å². The molecule has 2 nitrogen and oxygen atoms in total. The minimum Gasteiger partial charge on any atom is -0.212 e. The van der Waals surface area contributed by atoms with Gasteiger partial charge in [0, 0.05) is 10.7 Å². The summed E-state index contributed by atoms with van der Waals surface area (Å²) < 4.78 is 21.9. The fraction of sp³-hybridized carbons (Fsp3) is 0.538. The average molecular weight is 275 g/mol. The maximum absolute atomic E-state index is 11.0. The largest absolute Gasteiger partial charge is 0.232 e. The van der Waals surface area contributed by atoms with E-state index in [2.05, 4.69) is 32.9 Å². The molecular weight excluding hydrogens is 256 g/mol. The SMILES string of the molecule is Cc1ccc(C(C)(C)C)cc1CCS(=O)(=O)Cl. The second-order valence-electron chi connectivity index (χ2n) is 5.38. The Morgan fingerprint density at radius 1 is 1.24 bits per heavy atom. The molecule has 0 aromatic heterocycles. The van der Waals surface area contributed by atoms with Crippen LogP contribution in [0.2, 0.25) is 0 Å². The van der Waals surface area contributed by atoms with Crippen LogP contribution in [0.4, 0.5) is 0 Å². The van der Waals surface area contributed by atoms with Gasteiger partial charge in [-0.15, -0.1) is 0 Å². The summed E-state index contributed by atoms with van der Waals surface area (Å²) in [4.78, 5) is 0. The highest BCUT2D eigenvalue weighted by atomic mass is 35.7. The molecule has 0 unspecified atom stereocenters. The molecule has 0 spiro atoms. The molecule has 4 heteroatoms. The van der Waals surface area contributed by atoms with Gasteiger partial charge in [0.2, 0.25) is 9.05 Å². The molecular formula is C13H19ClO2S. The maximum Gasteiger partial charge on any atom is 0.232 e. The van der Waals surface area contributed by atoms with Crippen molar-refractivity contribution in [3.05, 3.63) is 34.9 Å². The number of hydrogen-bond donors (Lipinski definition) is 0. The van der Waals surface area contributed by atoms with Crippen molar-refractivity contribution in [1.82, 2.24) is 0 Å². The van der Waals surface area contributed by atoms with Crippen molar-refractivity contribution in [1.29, 1.82) is 0 Å². The van der Waals surface area contributed by atoms with Crippen LogP contribution in [0.5, 0.6) is 0 Å². The number of aryl methyl sites for hydroxylation is 2. The Morgan fingerprint density at radius 2 is 1.82 bits per heavy atom. The smallest absolute Gasteiger partial charge is 0.212 e. The van der Waals surface area contributed by atoms with Gasteiger partial charge in [-0.05, 0) is 35.4 Å². The lowest BCUT2D eigenvalue weighted by Gasteiger charge is -2.20. The number of halogens is 1. The van der Waals surface area contributed by atoms with Crippen LogP contribution in [-0.4, -0.2) is 14.2 Å². The van der Waals surface area contributed by atoms with Gasteiger partial charge in [0.1, 0.15) is 0 Å². The Kier molecular flexibility index (Phi) is 4.26. The Morgan fingerprint density at radius 3 is 2.29 bits per heavy atom. The predicted octanol–water partition coefficient (Wildman–Crippen LogP) is 3.40. The van der Waals surface area contributed by atoms with Crippen LogP contribution in [0.25, 0.3) is 0 Å². The molecule has 0 aliphatic rings. The van der Waals surface area contributed by atoms with Gasteiger partial charge in [-0.1, -0.05) is 39.0 Å². The van der Waals surface area contributed by atoms with Gasteiger partial charge in [-0.2, -0.15) is 0 Å². The van der Waals surface area contributed by atoms with Crippen LogP contribution in [0, 0.1) is 6.92 Å². The summed E-state index contributed by atoms with van der Waals surface area (Å²) in [6.45, 7) is 8.40. The first-order valence-corrected chi connectivity index (χ1v) is 8.10. The molecule has 0 aliphatic carbocycles. The molecule has 0 amide bonds. The molecule has 17 heavy (non-hydrogen) atoms. The number of benzene rings is 1.